The average molecular weight is 194 g/mol. The van der Waals surface area contributed by atoms with Gasteiger partial charge < -0.3 is 15.2 Å². The molecule has 1 fully saturated rings. The predicted octanol–water partition coefficient (Wildman–Crippen LogP) is 0.985. The Balaban J connectivity index is 2.22. The molecule has 0 saturated carbocycles. The molecule has 1 aromatic rings. The molecule has 0 amide bonds. The lowest BCUT2D eigenvalue weighted by Crippen LogP contribution is -2.60. The lowest BCUT2D eigenvalue weighted by molar-refractivity contribution is 0.352. The highest BCUT2D eigenvalue weighted by atomic mass is 15.3. The van der Waals surface area contributed by atoms with Crippen LogP contribution in [0.3, 0.4) is 0 Å². The van der Waals surface area contributed by atoms with Crippen LogP contribution < -0.4 is 10.2 Å². The van der Waals surface area contributed by atoms with Crippen LogP contribution in [-0.4, -0.2) is 34.6 Å². The maximum Gasteiger partial charge on any atom is 0.203 e. The first-order chi connectivity index (χ1) is 6.70. The molecular weight excluding hydrogens is 176 g/mol. The Bertz CT molecular complexity index is 282. The fourth-order valence-electron chi connectivity index (χ4n) is 2.07. The van der Waals surface area contributed by atoms with Crippen molar-refractivity contribution in [2.75, 3.05) is 11.4 Å². The number of aromatic amines is 1. The number of nitrogens with one attached hydrogen (secondary N) is 2. The van der Waals surface area contributed by atoms with E-state index in [1.807, 2.05) is 12.4 Å². The number of aromatic nitrogens is 2. The van der Waals surface area contributed by atoms with Gasteiger partial charge in [-0.25, -0.2) is 4.98 Å². The van der Waals surface area contributed by atoms with Gasteiger partial charge in [0.05, 0.1) is 0 Å². The molecule has 0 radical (unpaired) electrons. The number of imidazole rings is 1. The molecule has 2 rings (SSSR count). The first-order valence-electron chi connectivity index (χ1n) is 5.21. The standard InChI is InChI=1S/C10H18N4/c1-7-6-13-8(2)9(3)14(7)10-11-4-5-12-10/h4-5,7-9,13H,6H2,1-3H3,(H,11,12). The van der Waals surface area contributed by atoms with Crippen molar-refractivity contribution in [2.45, 2.75) is 38.9 Å². The molecule has 2 N–H and O–H groups in total. The van der Waals surface area contributed by atoms with E-state index in [2.05, 4.69) is 41.0 Å². The number of piperazine rings is 1. The van der Waals surface area contributed by atoms with E-state index >= 15 is 0 Å². The van der Waals surface area contributed by atoms with Gasteiger partial charge in [0.2, 0.25) is 5.95 Å². The van der Waals surface area contributed by atoms with Crippen molar-refractivity contribution in [1.82, 2.24) is 15.3 Å². The summed E-state index contributed by atoms with van der Waals surface area (Å²) in [6.07, 6.45) is 3.68. The smallest absolute Gasteiger partial charge is 0.203 e. The molecule has 1 aromatic heterocycles. The Morgan fingerprint density at radius 3 is 2.86 bits per heavy atom. The first-order valence-corrected chi connectivity index (χ1v) is 5.21. The Kier molecular flexibility index (Phi) is 2.46. The summed E-state index contributed by atoms with van der Waals surface area (Å²) in [6.45, 7) is 7.69. The maximum atomic E-state index is 4.32. The van der Waals surface area contributed by atoms with Gasteiger partial charge in [0.1, 0.15) is 0 Å². The van der Waals surface area contributed by atoms with Gasteiger partial charge in [-0.15, -0.1) is 0 Å². The fraction of sp³-hybridized carbons (Fsp3) is 0.700. The number of nitrogens with zero attached hydrogens (tertiary/aromatic N) is 2. The van der Waals surface area contributed by atoms with E-state index in [0.717, 1.165) is 12.5 Å². The second kappa shape index (κ2) is 3.61. The van der Waals surface area contributed by atoms with Crippen molar-refractivity contribution < 1.29 is 0 Å². The summed E-state index contributed by atoms with van der Waals surface area (Å²) in [5, 5.41) is 3.49. The van der Waals surface area contributed by atoms with Gasteiger partial charge in [-0.2, -0.15) is 0 Å². The molecule has 78 valence electrons. The Morgan fingerprint density at radius 2 is 2.21 bits per heavy atom. The minimum atomic E-state index is 0.477. The van der Waals surface area contributed by atoms with Gasteiger partial charge in [-0.3, -0.25) is 0 Å². The highest BCUT2D eigenvalue weighted by molar-refractivity contribution is 5.34. The molecule has 3 unspecified atom stereocenters. The Labute approximate surface area is 84.7 Å². The van der Waals surface area contributed by atoms with Gasteiger partial charge >= 0.3 is 0 Å². The van der Waals surface area contributed by atoms with E-state index in [0.29, 0.717) is 18.1 Å². The van der Waals surface area contributed by atoms with Crippen LogP contribution in [0.5, 0.6) is 0 Å². The second-order valence-corrected chi connectivity index (χ2v) is 4.11. The molecule has 4 heteroatoms. The van der Waals surface area contributed by atoms with Crippen LogP contribution in [0.2, 0.25) is 0 Å². The van der Waals surface area contributed by atoms with E-state index in [-0.39, 0.29) is 0 Å². The number of anilines is 1. The van der Waals surface area contributed by atoms with Crippen molar-refractivity contribution in [3.05, 3.63) is 12.4 Å². The van der Waals surface area contributed by atoms with Crippen molar-refractivity contribution in [2.24, 2.45) is 0 Å². The van der Waals surface area contributed by atoms with Crippen molar-refractivity contribution >= 4 is 5.95 Å². The van der Waals surface area contributed by atoms with Crippen LogP contribution in [0.15, 0.2) is 12.4 Å². The predicted molar refractivity (Wildman–Crippen MR) is 57.5 cm³/mol. The monoisotopic (exact) mass is 194 g/mol. The minimum Gasteiger partial charge on any atom is -0.334 e. The van der Waals surface area contributed by atoms with Gasteiger partial charge in [0.25, 0.3) is 0 Å². The molecule has 2 heterocycles. The summed E-state index contributed by atoms with van der Waals surface area (Å²) in [7, 11) is 0. The van der Waals surface area contributed by atoms with Crippen molar-refractivity contribution in [3.8, 4) is 0 Å². The van der Waals surface area contributed by atoms with Gasteiger partial charge in [-0.05, 0) is 20.8 Å². The molecule has 0 aromatic carbocycles. The molecular formula is C10H18N4. The van der Waals surface area contributed by atoms with Crippen LogP contribution >= 0.6 is 0 Å². The molecule has 3 atom stereocenters. The molecule has 4 nitrogen and oxygen atoms in total. The molecule has 0 aliphatic carbocycles. The van der Waals surface area contributed by atoms with E-state index in [1.165, 1.54) is 0 Å². The zero-order valence-electron chi connectivity index (χ0n) is 8.99. The molecule has 0 bridgehead atoms. The van der Waals surface area contributed by atoms with Crippen molar-refractivity contribution in [1.29, 1.82) is 0 Å². The minimum absolute atomic E-state index is 0.477. The lowest BCUT2D eigenvalue weighted by Gasteiger charge is -2.43. The van der Waals surface area contributed by atoms with Gasteiger partial charge in [0, 0.05) is 37.1 Å². The number of rotatable bonds is 1. The number of hydrogen-bond acceptors (Lipinski definition) is 3. The maximum absolute atomic E-state index is 4.32. The SMILES string of the molecule is CC1NCC(C)N(c2ncc[nH]2)C1C. The van der Waals surface area contributed by atoms with Crippen LogP contribution in [0, 0.1) is 0 Å². The highest BCUT2D eigenvalue weighted by Crippen LogP contribution is 2.19. The zero-order chi connectivity index (χ0) is 10.1. The summed E-state index contributed by atoms with van der Waals surface area (Å²) in [5.74, 6) is 0.985. The Morgan fingerprint density at radius 1 is 1.43 bits per heavy atom. The van der Waals surface area contributed by atoms with Crippen LogP contribution in [-0.2, 0) is 0 Å². The summed E-state index contributed by atoms with van der Waals surface area (Å²) in [5.41, 5.74) is 0. The fourth-order valence-corrected chi connectivity index (χ4v) is 2.07. The topological polar surface area (TPSA) is 44.0 Å². The summed E-state index contributed by atoms with van der Waals surface area (Å²) >= 11 is 0. The van der Waals surface area contributed by atoms with Crippen LogP contribution in [0.25, 0.3) is 0 Å². The molecule has 1 aliphatic rings. The average Bonchev–Trinajstić information content (AvgIpc) is 2.65. The van der Waals surface area contributed by atoms with Gasteiger partial charge in [0.15, 0.2) is 0 Å². The molecule has 0 spiro atoms. The molecule has 1 aliphatic heterocycles. The second-order valence-electron chi connectivity index (χ2n) is 4.11. The van der Waals surface area contributed by atoms with E-state index in [1.54, 1.807) is 0 Å². The number of hydrogen-bond donors (Lipinski definition) is 2. The quantitative estimate of drug-likeness (QED) is 0.700. The third-order valence-electron chi connectivity index (χ3n) is 3.10. The summed E-state index contributed by atoms with van der Waals surface area (Å²) in [4.78, 5) is 9.84. The lowest BCUT2D eigenvalue weighted by atomic mass is 10.0. The summed E-state index contributed by atoms with van der Waals surface area (Å²) in [6, 6.07) is 1.48. The highest BCUT2D eigenvalue weighted by Gasteiger charge is 2.30. The first kappa shape index (κ1) is 9.52. The third-order valence-corrected chi connectivity index (χ3v) is 3.10. The Hall–Kier alpha value is -1.03. The normalized spacial score (nSPS) is 33.4. The molecule has 14 heavy (non-hydrogen) atoms. The van der Waals surface area contributed by atoms with E-state index in [4.69, 9.17) is 0 Å². The van der Waals surface area contributed by atoms with Crippen LogP contribution in [0.4, 0.5) is 5.95 Å². The summed E-state index contributed by atoms with van der Waals surface area (Å²) < 4.78 is 0. The van der Waals surface area contributed by atoms with E-state index in [9.17, 15) is 0 Å². The van der Waals surface area contributed by atoms with Crippen molar-refractivity contribution in [3.63, 3.8) is 0 Å². The molecule has 1 saturated heterocycles. The number of H-pyrrole nitrogens is 1. The van der Waals surface area contributed by atoms with Crippen LogP contribution in [0.1, 0.15) is 20.8 Å². The zero-order valence-corrected chi connectivity index (χ0v) is 8.99. The third kappa shape index (κ3) is 1.50. The van der Waals surface area contributed by atoms with Gasteiger partial charge in [-0.1, -0.05) is 0 Å². The largest absolute Gasteiger partial charge is 0.334 e. The van der Waals surface area contributed by atoms with E-state index < -0.39 is 0 Å².